The lowest BCUT2D eigenvalue weighted by molar-refractivity contribution is 0.619. The summed E-state index contributed by atoms with van der Waals surface area (Å²) < 4.78 is 5.50. The maximum atomic E-state index is 5.71. The minimum absolute atomic E-state index is 0.538. The van der Waals surface area contributed by atoms with Crippen molar-refractivity contribution < 1.29 is 4.42 Å². The Morgan fingerprint density at radius 2 is 2.29 bits per heavy atom. The van der Waals surface area contributed by atoms with Gasteiger partial charge < -0.3 is 10.2 Å². The molecule has 0 unspecified atom stereocenters. The van der Waals surface area contributed by atoms with Crippen LogP contribution in [0.3, 0.4) is 0 Å². The number of rotatable bonds is 1. The van der Waals surface area contributed by atoms with Gasteiger partial charge in [-0.2, -0.15) is 0 Å². The van der Waals surface area contributed by atoms with Crippen molar-refractivity contribution in [2.75, 3.05) is 5.73 Å². The van der Waals surface area contributed by atoms with Crippen LogP contribution < -0.4 is 5.73 Å². The van der Waals surface area contributed by atoms with Crippen LogP contribution in [0, 0.1) is 0 Å². The van der Waals surface area contributed by atoms with Gasteiger partial charge in [0.05, 0.1) is 5.51 Å². The van der Waals surface area contributed by atoms with Crippen LogP contribution in [0.4, 0.5) is 5.00 Å². The quantitative estimate of drug-likeness (QED) is 0.688. The van der Waals surface area contributed by atoms with Crippen LogP contribution in [0.1, 0.15) is 0 Å². The molecule has 0 bridgehead atoms. The molecule has 0 saturated heterocycles. The highest BCUT2D eigenvalue weighted by atomic mass is 32.1. The van der Waals surface area contributed by atoms with Gasteiger partial charge in [0.15, 0.2) is 5.58 Å². The summed E-state index contributed by atoms with van der Waals surface area (Å²) in [4.78, 5) is 8.40. The SMILES string of the molecule is Nc1scc2nc(-c3cscn3)oc12. The van der Waals surface area contributed by atoms with Crippen LogP contribution in [-0.2, 0) is 0 Å². The number of thiazole rings is 1. The number of aromatic nitrogens is 2. The predicted molar refractivity (Wildman–Crippen MR) is 57.4 cm³/mol. The molecule has 6 heteroatoms. The van der Waals surface area contributed by atoms with Crippen molar-refractivity contribution in [1.29, 1.82) is 0 Å². The highest BCUT2D eigenvalue weighted by Crippen LogP contribution is 2.31. The molecule has 0 fully saturated rings. The standard InChI is InChI=1S/C8H5N3OS2/c9-7-6-4(2-14-7)11-8(12-6)5-1-13-3-10-5/h1-3H,9H2. The Kier molecular flexibility index (Phi) is 1.59. The Morgan fingerprint density at radius 1 is 1.36 bits per heavy atom. The van der Waals surface area contributed by atoms with Crippen LogP contribution in [0.5, 0.6) is 0 Å². The van der Waals surface area contributed by atoms with E-state index >= 15 is 0 Å². The zero-order valence-corrected chi connectivity index (χ0v) is 8.56. The molecule has 0 spiro atoms. The van der Waals surface area contributed by atoms with Gasteiger partial charge in [0.2, 0.25) is 5.89 Å². The molecule has 14 heavy (non-hydrogen) atoms. The minimum Gasteiger partial charge on any atom is -0.431 e. The van der Waals surface area contributed by atoms with Crippen molar-refractivity contribution in [2.24, 2.45) is 0 Å². The van der Waals surface area contributed by atoms with Crippen LogP contribution in [0.2, 0.25) is 0 Å². The second kappa shape index (κ2) is 2.79. The van der Waals surface area contributed by atoms with Crippen LogP contribution in [0.15, 0.2) is 20.7 Å². The highest BCUT2D eigenvalue weighted by Gasteiger charge is 2.12. The molecule has 3 aromatic heterocycles. The first-order valence-electron chi connectivity index (χ1n) is 3.86. The summed E-state index contributed by atoms with van der Waals surface area (Å²) in [5.41, 5.74) is 9.68. The smallest absolute Gasteiger partial charge is 0.247 e. The largest absolute Gasteiger partial charge is 0.431 e. The van der Waals surface area contributed by atoms with Gasteiger partial charge in [-0.05, 0) is 0 Å². The second-order valence-electron chi connectivity index (χ2n) is 2.71. The van der Waals surface area contributed by atoms with E-state index in [0.717, 1.165) is 11.2 Å². The number of nitrogens with zero attached hydrogens (tertiary/aromatic N) is 2. The molecule has 0 amide bonds. The fourth-order valence-electron chi connectivity index (χ4n) is 1.19. The maximum absolute atomic E-state index is 5.71. The number of oxazole rings is 1. The molecule has 0 radical (unpaired) electrons. The average Bonchev–Trinajstić information content (AvgIpc) is 2.83. The Morgan fingerprint density at radius 3 is 3.00 bits per heavy atom. The van der Waals surface area contributed by atoms with Crippen LogP contribution in [-0.4, -0.2) is 9.97 Å². The Labute approximate surface area is 87.0 Å². The number of thiophene rings is 1. The van der Waals surface area contributed by atoms with E-state index in [1.807, 2.05) is 10.8 Å². The maximum Gasteiger partial charge on any atom is 0.247 e. The molecule has 0 aromatic carbocycles. The van der Waals surface area contributed by atoms with Gasteiger partial charge in [-0.1, -0.05) is 0 Å². The monoisotopic (exact) mass is 223 g/mol. The van der Waals surface area contributed by atoms with Crippen molar-refractivity contribution in [2.45, 2.75) is 0 Å². The molecule has 0 aliphatic rings. The number of hydrogen-bond acceptors (Lipinski definition) is 6. The summed E-state index contributed by atoms with van der Waals surface area (Å²) in [7, 11) is 0. The fraction of sp³-hybridized carbons (Fsp3) is 0. The first-order chi connectivity index (χ1) is 6.84. The Bertz CT molecular complexity index is 566. The number of fused-ring (bicyclic) bond motifs is 1. The lowest BCUT2D eigenvalue weighted by atomic mass is 10.5. The van der Waals surface area contributed by atoms with E-state index < -0.39 is 0 Å². The van der Waals surface area contributed by atoms with Crippen molar-refractivity contribution in [1.82, 2.24) is 9.97 Å². The molecule has 3 aromatic rings. The van der Waals surface area contributed by atoms with E-state index in [-0.39, 0.29) is 0 Å². The zero-order valence-electron chi connectivity index (χ0n) is 6.93. The van der Waals surface area contributed by atoms with E-state index in [4.69, 9.17) is 10.2 Å². The van der Waals surface area contributed by atoms with E-state index in [9.17, 15) is 0 Å². The molecule has 0 aliphatic carbocycles. The molecule has 3 heterocycles. The van der Waals surface area contributed by atoms with Crippen molar-refractivity contribution in [3.05, 3.63) is 16.3 Å². The molecule has 3 rings (SSSR count). The molecule has 2 N–H and O–H groups in total. The molecule has 0 aliphatic heterocycles. The third-order valence-electron chi connectivity index (χ3n) is 1.83. The number of nitrogens with two attached hydrogens (primary N) is 1. The third-order valence-corrected chi connectivity index (χ3v) is 3.19. The van der Waals surface area contributed by atoms with Gasteiger partial charge in [0, 0.05) is 10.8 Å². The number of anilines is 1. The van der Waals surface area contributed by atoms with Crippen molar-refractivity contribution in [3.8, 4) is 11.6 Å². The molecule has 70 valence electrons. The first-order valence-corrected chi connectivity index (χ1v) is 5.69. The zero-order chi connectivity index (χ0) is 9.54. The molecule has 4 nitrogen and oxygen atoms in total. The normalized spacial score (nSPS) is 11.1. The summed E-state index contributed by atoms with van der Waals surface area (Å²) in [6, 6.07) is 0. The molecule has 0 atom stereocenters. The van der Waals surface area contributed by atoms with E-state index in [1.165, 1.54) is 22.7 Å². The van der Waals surface area contributed by atoms with Crippen LogP contribution >= 0.6 is 22.7 Å². The Hall–Kier alpha value is -1.40. The first kappa shape index (κ1) is 7.95. The van der Waals surface area contributed by atoms with E-state index in [1.54, 1.807) is 5.51 Å². The minimum atomic E-state index is 0.538. The van der Waals surface area contributed by atoms with Crippen molar-refractivity contribution >= 4 is 38.8 Å². The highest BCUT2D eigenvalue weighted by molar-refractivity contribution is 7.15. The van der Waals surface area contributed by atoms with Crippen molar-refractivity contribution in [3.63, 3.8) is 0 Å². The lowest BCUT2D eigenvalue weighted by Crippen LogP contribution is -1.76. The average molecular weight is 223 g/mol. The van der Waals surface area contributed by atoms with Gasteiger partial charge in [-0.3, -0.25) is 0 Å². The van der Waals surface area contributed by atoms with E-state index in [0.29, 0.717) is 16.5 Å². The predicted octanol–water partition coefficient (Wildman–Crippen LogP) is 2.60. The topological polar surface area (TPSA) is 64.9 Å². The summed E-state index contributed by atoms with van der Waals surface area (Å²) >= 11 is 2.95. The molecule has 0 saturated carbocycles. The van der Waals surface area contributed by atoms with E-state index in [2.05, 4.69) is 9.97 Å². The second-order valence-corrected chi connectivity index (χ2v) is 4.34. The summed E-state index contributed by atoms with van der Waals surface area (Å²) in [5.74, 6) is 0.538. The van der Waals surface area contributed by atoms with Gasteiger partial charge in [0.1, 0.15) is 16.2 Å². The number of hydrogen-bond donors (Lipinski definition) is 1. The van der Waals surface area contributed by atoms with Gasteiger partial charge in [0.25, 0.3) is 0 Å². The summed E-state index contributed by atoms with van der Waals surface area (Å²) in [6.07, 6.45) is 0. The van der Waals surface area contributed by atoms with Gasteiger partial charge in [-0.15, -0.1) is 22.7 Å². The Balaban J connectivity index is 2.24. The van der Waals surface area contributed by atoms with Crippen LogP contribution in [0.25, 0.3) is 22.7 Å². The lowest BCUT2D eigenvalue weighted by Gasteiger charge is -1.85. The fourth-order valence-corrected chi connectivity index (χ4v) is 2.37. The molecular formula is C8H5N3OS2. The van der Waals surface area contributed by atoms with Gasteiger partial charge >= 0.3 is 0 Å². The summed E-state index contributed by atoms with van der Waals surface area (Å²) in [5, 5.41) is 4.43. The molecular weight excluding hydrogens is 218 g/mol. The van der Waals surface area contributed by atoms with Gasteiger partial charge in [-0.25, -0.2) is 9.97 Å². The summed E-state index contributed by atoms with van der Waals surface area (Å²) in [6.45, 7) is 0. The third kappa shape index (κ3) is 1.04. The number of nitrogen functional groups attached to an aromatic ring is 1.